The summed E-state index contributed by atoms with van der Waals surface area (Å²) in [6.07, 6.45) is 6.08. The van der Waals surface area contributed by atoms with Crippen LogP contribution in [0.4, 0.5) is 0 Å². The van der Waals surface area contributed by atoms with Gasteiger partial charge in [-0.05, 0) is 39.3 Å². The molecule has 0 radical (unpaired) electrons. The molecule has 0 aliphatic carbocycles. The summed E-state index contributed by atoms with van der Waals surface area (Å²) in [5.41, 5.74) is 5.01. The zero-order valence-electron chi connectivity index (χ0n) is 15.5. The first-order valence-electron chi connectivity index (χ1n) is 9.04. The van der Waals surface area contributed by atoms with Gasteiger partial charge in [0.25, 0.3) is 0 Å². The molecule has 1 aliphatic heterocycles. The van der Waals surface area contributed by atoms with Crippen LogP contribution in [-0.2, 0) is 13.6 Å². The standard InChI is InChI=1S/C19H24N6S/c1-13-9-16(19-20-6-8-24(19)3)23-18(22-13)15-5-4-7-25(10-15)11-17-14(2)21-12-26-17/h6,8-9,12,15H,4-5,7,10-11H2,1-3H3. The summed E-state index contributed by atoms with van der Waals surface area (Å²) < 4.78 is 2.01. The Kier molecular flexibility index (Phi) is 4.82. The Balaban J connectivity index is 1.56. The maximum absolute atomic E-state index is 4.88. The van der Waals surface area contributed by atoms with Crippen molar-refractivity contribution < 1.29 is 0 Å². The Labute approximate surface area is 158 Å². The normalized spacial score (nSPS) is 18.3. The Morgan fingerprint density at radius 2 is 2.12 bits per heavy atom. The second-order valence-electron chi connectivity index (χ2n) is 7.05. The van der Waals surface area contributed by atoms with Crippen molar-refractivity contribution in [2.75, 3.05) is 13.1 Å². The highest BCUT2D eigenvalue weighted by Crippen LogP contribution is 2.28. The molecule has 1 fully saturated rings. The molecule has 0 bridgehead atoms. The third-order valence-corrected chi connectivity index (χ3v) is 5.92. The highest BCUT2D eigenvalue weighted by atomic mass is 32.1. The van der Waals surface area contributed by atoms with E-state index in [9.17, 15) is 0 Å². The first-order chi connectivity index (χ1) is 12.6. The van der Waals surface area contributed by atoms with Crippen molar-refractivity contribution in [2.45, 2.75) is 39.2 Å². The maximum Gasteiger partial charge on any atom is 0.158 e. The topological polar surface area (TPSA) is 59.7 Å². The average molecular weight is 369 g/mol. The number of aromatic nitrogens is 5. The summed E-state index contributed by atoms with van der Waals surface area (Å²) in [6.45, 7) is 7.24. The molecule has 136 valence electrons. The second-order valence-corrected chi connectivity index (χ2v) is 7.99. The van der Waals surface area contributed by atoms with E-state index in [-0.39, 0.29) is 0 Å². The van der Waals surface area contributed by atoms with Crippen molar-refractivity contribution in [1.29, 1.82) is 0 Å². The fourth-order valence-electron chi connectivity index (χ4n) is 3.59. The Morgan fingerprint density at radius 1 is 1.23 bits per heavy atom. The van der Waals surface area contributed by atoms with Gasteiger partial charge in [0.05, 0.1) is 11.2 Å². The number of thiazole rings is 1. The molecule has 0 spiro atoms. The lowest BCUT2D eigenvalue weighted by Crippen LogP contribution is -2.34. The second kappa shape index (κ2) is 7.25. The molecular formula is C19H24N6S. The van der Waals surface area contributed by atoms with Gasteiger partial charge in [0.1, 0.15) is 11.5 Å². The van der Waals surface area contributed by atoms with Crippen molar-refractivity contribution >= 4 is 11.3 Å². The summed E-state index contributed by atoms with van der Waals surface area (Å²) in [5.74, 6) is 2.22. The van der Waals surface area contributed by atoms with E-state index in [1.807, 2.05) is 42.5 Å². The van der Waals surface area contributed by atoms with Gasteiger partial charge in [-0.3, -0.25) is 4.90 Å². The van der Waals surface area contributed by atoms with E-state index in [0.717, 1.165) is 54.8 Å². The van der Waals surface area contributed by atoms with E-state index in [2.05, 4.69) is 21.8 Å². The van der Waals surface area contributed by atoms with Crippen LogP contribution in [0.25, 0.3) is 11.5 Å². The zero-order chi connectivity index (χ0) is 18.1. The van der Waals surface area contributed by atoms with Crippen LogP contribution in [0, 0.1) is 13.8 Å². The summed E-state index contributed by atoms with van der Waals surface area (Å²) in [6, 6.07) is 2.02. The number of piperidine rings is 1. The minimum atomic E-state index is 0.371. The van der Waals surface area contributed by atoms with E-state index in [0.29, 0.717) is 5.92 Å². The summed E-state index contributed by atoms with van der Waals surface area (Å²) in [7, 11) is 2.00. The van der Waals surface area contributed by atoms with Gasteiger partial charge in [-0.2, -0.15) is 0 Å². The maximum atomic E-state index is 4.88. The van der Waals surface area contributed by atoms with Crippen LogP contribution in [0.1, 0.15) is 40.8 Å². The monoisotopic (exact) mass is 368 g/mol. The summed E-state index contributed by atoms with van der Waals surface area (Å²) in [4.78, 5) is 22.3. The first kappa shape index (κ1) is 17.3. The molecule has 1 unspecified atom stereocenters. The predicted octanol–water partition coefficient (Wildman–Crippen LogP) is 3.33. The van der Waals surface area contributed by atoms with E-state index in [1.54, 1.807) is 11.3 Å². The molecule has 4 rings (SSSR count). The van der Waals surface area contributed by atoms with Gasteiger partial charge in [-0.1, -0.05) is 0 Å². The van der Waals surface area contributed by atoms with E-state index >= 15 is 0 Å². The van der Waals surface area contributed by atoms with Gasteiger partial charge in [0, 0.05) is 49.0 Å². The Bertz CT molecular complexity index is 899. The van der Waals surface area contributed by atoms with Crippen molar-refractivity contribution in [2.24, 2.45) is 7.05 Å². The van der Waals surface area contributed by atoms with Gasteiger partial charge in [0.15, 0.2) is 5.82 Å². The number of imidazole rings is 1. The smallest absolute Gasteiger partial charge is 0.158 e. The van der Waals surface area contributed by atoms with Gasteiger partial charge in [-0.15, -0.1) is 11.3 Å². The van der Waals surface area contributed by atoms with E-state index in [1.165, 1.54) is 11.3 Å². The van der Waals surface area contributed by atoms with Crippen LogP contribution in [-0.4, -0.2) is 42.5 Å². The lowest BCUT2D eigenvalue weighted by atomic mass is 9.96. The van der Waals surface area contributed by atoms with Crippen molar-refractivity contribution in [3.63, 3.8) is 0 Å². The first-order valence-corrected chi connectivity index (χ1v) is 9.92. The average Bonchev–Trinajstić information content (AvgIpc) is 3.23. The van der Waals surface area contributed by atoms with Gasteiger partial charge in [0.2, 0.25) is 0 Å². The lowest BCUT2D eigenvalue weighted by Gasteiger charge is -2.31. The van der Waals surface area contributed by atoms with Crippen LogP contribution >= 0.6 is 11.3 Å². The molecule has 0 saturated carbocycles. The molecule has 1 atom stereocenters. The fraction of sp³-hybridized carbons (Fsp3) is 0.474. The number of aryl methyl sites for hydroxylation is 3. The van der Waals surface area contributed by atoms with Gasteiger partial charge >= 0.3 is 0 Å². The number of nitrogens with zero attached hydrogens (tertiary/aromatic N) is 6. The number of hydrogen-bond donors (Lipinski definition) is 0. The molecule has 26 heavy (non-hydrogen) atoms. The molecule has 4 heterocycles. The SMILES string of the molecule is Cc1cc(-c2nccn2C)nc(C2CCCN(Cc3scnc3C)C2)n1. The minimum absolute atomic E-state index is 0.371. The van der Waals surface area contributed by atoms with E-state index < -0.39 is 0 Å². The molecule has 3 aromatic heterocycles. The van der Waals surface area contributed by atoms with Crippen LogP contribution in [0.5, 0.6) is 0 Å². The molecule has 0 N–H and O–H groups in total. The van der Waals surface area contributed by atoms with Crippen molar-refractivity contribution in [3.8, 4) is 11.5 Å². The van der Waals surface area contributed by atoms with Crippen LogP contribution in [0.3, 0.4) is 0 Å². The summed E-state index contributed by atoms with van der Waals surface area (Å²) in [5, 5.41) is 0. The molecule has 3 aromatic rings. The Morgan fingerprint density at radius 3 is 2.85 bits per heavy atom. The van der Waals surface area contributed by atoms with Crippen LogP contribution < -0.4 is 0 Å². The van der Waals surface area contributed by atoms with Crippen LogP contribution in [0.15, 0.2) is 24.0 Å². The summed E-state index contributed by atoms with van der Waals surface area (Å²) >= 11 is 1.75. The number of hydrogen-bond acceptors (Lipinski definition) is 6. The Hall–Kier alpha value is -2.12. The fourth-order valence-corrected chi connectivity index (χ4v) is 4.41. The minimum Gasteiger partial charge on any atom is -0.333 e. The molecule has 0 amide bonds. The lowest BCUT2D eigenvalue weighted by molar-refractivity contribution is 0.197. The third-order valence-electron chi connectivity index (χ3n) is 5.00. The van der Waals surface area contributed by atoms with Crippen molar-refractivity contribution in [1.82, 2.24) is 29.4 Å². The molecule has 1 aliphatic rings. The van der Waals surface area contributed by atoms with Gasteiger partial charge < -0.3 is 4.57 Å². The highest BCUT2D eigenvalue weighted by Gasteiger charge is 2.25. The molecule has 1 saturated heterocycles. The number of likely N-dealkylation sites (tertiary alicyclic amines) is 1. The highest BCUT2D eigenvalue weighted by molar-refractivity contribution is 7.09. The molecule has 7 heteroatoms. The zero-order valence-corrected chi connectivity index (χ0v) is 16.3. The molecular weight excluding hydrogens is 344 g/mol. The largest absolute Gasteiger partial charge is 0.333 e. The van der Waals surface area contributed by atoms with Gasteiger partial charge in [-0.25, -0.2) is 19.9 Å². The quantitative estimate of drug-likeness (QED) is 0.707. The third kappa shape index (κ3) is 3.54. The van der Waals surface area contributed by atoms with Crippen molar-refractivity contribution in [3.05, 3.63) is 46.1 Å². The molecule has 0 aromatic carbocycles. The van der Waals surface area contributed by atoms with E-state index in [4.69, 9.17) is 9.97 Å². The number of rotatable bonds is 4. The predicted molar refractivity (Wildman–Crippen MR) is 103 cm³/mol. The van der Waals surface area contributed by atoms with Crippen LogP contribution in [0.2, 0.25) is 0 Å². The molecule has 6 nitrogen and oxygen atoms in total.